The van der Waals surface area contributed by atoms with E-state index in [1.165, 1.54) is 16.4 Å². The van der Waals surface area contributed by atoms with Gasteiger partial charge in [0.25, 0.3) is 0 Å². The molecule has 4 rings (SSSR count). The number of anilines is 1. The molecule has 3 aromatic carbocycles. The Morgan fingerprint density at radius 1 is 0.969 bits per heavy atom. The van der Waals surface area contributed by atoms with Crippen molar-refractivity contribution in [3.05, 3.63) is 72.3 Å². The minimum absolute atomic E-state index is 0.0155. The SMILES string of the molecule is O=C(Nc1ccc(C(F)(F)F)cc1)[C@H]1CCCN(S(=O)(=O)c2ccc3ccccc3c2)C1. The molecule has 0 unspecified atom stereocenters. The summed E-state index contributed by atoms with van der Waals surface area (Å²) < 4.78 is 65.8. The van der Waals surface area contributed by atoms with Gasteiger partial charge in [-0.25, -0.2) is 8.42 Å². The first kappa shape index (κ1) is 22.3. The molecule has 0 radical (unpaired) electrons. The van der Waals surface area contributed by atoms with E-state index in [2.05, 4.69) is 5.32 Å². The van der Waals surface area contributed by atoms with Crippen LogP contribution in [0.3, 0.4) is 0 Å². The number of amides is 1. The maximum atomic E-state index is 13.2. The van der Waals surface area contributed by atoms with Gasteiger partial charge < -0.3 is 5.32 Å². The minimum Gasteiger partial charge on any atom is -0.326 e. The van der Waals surface area contributed by atoms with E-state index in [9.17, 15) is 26.4 Å². The number of nitrogens with one attached hydrogen (secondary N) is 1. The van der Waals surface area contributed by atoms with Crippen molar-refractivity contribution in [1.82, 2.24) is 4.31 Å². The number of benzene rings is 3. The lowest BCUT2D eigenvalue weighted by molar-refractivity contribution is -0.137. The van der Waals surface area contributed by atoms with E-state index in [4.69, 9.17) is 0 Å². The van der Waals surface area contributed by atoms with E-state index in [1.807, 2.05) is 24.3 Å². The van der Waals surface area contributed by atoms with Crippen LogP contribution in [0.15, 0.2) is 71.6 Å². The summed E-state index contributed by atoms with van der Waals surface area (Å²) in [7, 11) is -3.79. The van der Waals surface area contributed by atoms with Crippen molar-refractivity contribution in [3.63, 3.8) is 0 Å². The summed E-state index contributed by atoms with van der Waals surface area (Å²) in [5.41, 5.74) is -0.571. The van der Waals surface area contributed by atoms with Gasteiger partial charge in [-0.1, -0.05) is 30.3 Å². The van der Waals surface area contributed by atoms with Crippen molar-refractivity contribution in [2.45, 2.75) is 23.9 Å². The molecule has 0 bridgehead atoms. The fourth-order valence-corrected chi connectivity index (χ4v) is 5.40. The lowest BCUT2D eigenvalue weighted by Gasteiger charge is -2.31. The summed E-state index contributed by atoms with van der Waals surface area (Å²) in [5.74, 6) is -1.01. The Bertz CT molecular complexity index is 1240. The average Bonchev–Trinajstić information content (AvgIpc) is 2.78. The smallest absolute Gasteiger partial charge is 0.326 e. The van der Waals surface area contributed by atoms with E-state index in [-0.39, 0.29) is 17.1 Å². The van der Waals surface area contributed by atoms with Gasteiger partial charge in [-0.2, -0.15) is 17.5 Å². The van der Waals surface area contributed by atoms with Gasteiger partial charge in [0.05, 0.1) is 16.4 Å². The fourth-order valence-electron chi connectivity index (χ4n) is 3.84. The highest BCUT2D eigenvalue weighted by molar-refractivity contribution is 7.89. The van der Waals surface area contributed by atoms with Gasteiger partial charge in [0, 0.05) is 18.8 Å². The molecule has 9 heteroatoms. The first-order chi connectivity index (χ1) is 15.1. The molecule has 1 saturated heterocycles. The molecule has 0 saturated carbocycles. The number of halogens is 3. The summed E-state index contributed by atoms with van der Waals surface area (Å²) in [6.45, 7) is 0.320. The van der Waals surface area contributed by atoms with Crippen molar-refractivity contribution < 1.29 is 26.4 Å². The van der Waals surface area contributed by atoms with Crippen LogP contribution in [-0.2, 0) is 21.0 Å². The second-order valence-corrected chi connectivity index (χ2v) is 9.71. The number of carbonyl (C=O) groups is 1. The molecule has 5 nitrogen and oxygen atoms in total. The molecule has 32 heavy (non-hydrogen) atoms. The lowest BCUT2D eigenvalue weighted by Crippen LogP contribution is -2.43. The molecule has 1 aliphatic heterocycles. The molecule has 3 aromatic rings. The van der Waals surface area contributed by atoms with Gasteiger partial charge in [0.15, 0.2) is 0 Å². The number of hydrogen-bond acceptors (Lipinski definition) is 3. The maximum absolute atomic E-state index is 13.2. The van der Waals surface area contributed by atoms with Crippen LogP contribution in [-0.4, -0.2) is 31.7 Å². The largest absolute Gasteiger partial charge is 0.416 e. The third kappa shape index (κ3) is 4.63. The third-order valence-corrected chi connectivity index (χ3v) is 7.45. The second kappa shape index (κ2) is 8.55. The number of nitrogens with zero attached hydrogens (tertiary/aromatic N) is 1. The van der Waals surface area contributed by atoms with Crippen molar-refractivity contribution >= 4 is 32.4 Å². The predicted molar refractivity (Wildman–Crippen MR) is 116 cm³/mol. The topological polar surface area (TPSA) is 66.5 Å². The summed E-state index contributed by atoms with van der Waals surface area (Å²) in [6, 6.07) is 16.5. The van der Waals surface area contributed by atoms with Crippen LogP contribution in [0.1, 0.15) is 18.4 Å². The highest BCUT2D eigenvalue weighted by atomic mass is 32.2. The molecule has 1 amide bonds. The van der Waals surface area contributed by atoms with Crippen molar-refractivity contribution in [2.24, 2.45) is 5.92 Å². The number of rotatable bonds is 4. The molecule has 168 valence electrons. The summed E-state index contributed by atoms with van der Waals surface area (Å²) in [4.78, 5) is 12.8. The monoisotopic (exact) mass is 462 g/mol. The van der Waals surface area contributed by atoms with E-state index < -0.39 is 33.6 Å². The van der Waals surface area contributed by atoms with E-state index in [0.29, 0.717) is 19.4 Å². The summed E-state index contributed by atoms with van der Waals surface area (Å²) >= 11 is 0. The Labute approximate surface area is 183 Å². The Hall–Kier alpha value is -2.91. The summed E-state index contributed by atoms with van der Waals surface area (Å²) in [6.07, 6.45) is -3.45. The Morgan fingerprint density at radius 2 is 1.66 bits per heavy atom. The van der Waals surface area contributed by atoms with Gasteiger partial charge in [-0.15, -0.1) is 0 Å². The van der Waals surface area contributed by atoms with Crippen LogP contribution in [0.25, 0.3) is 10.8 Å². The van der Waals surface area contributed by atoms with Gasteiger partial charge in [0.1, 0.15) is 0 Å². The highest BCUT2D eigenvalue weighted by Gasteiger charge is 2.34. The molecule has 1 heterocycles. The highest BCUT2D eigenvalue weighted by Crippen LogP contribution is 2.30. The number of piperidine rings is 1. The number of fused-ring (bicyclic) bond motifs is 1. The normalized spacial score (nSPS) is 17.9. The molecule has 0 aromatic heterocycles. The maximum Gasteiger partial charge on any atom is 0.416 e. The predicted octanol–water partition coefficient (Wildman–Crippen LogP) is 4.90. The molecule has 1 fully saturated rings. The number of carbonyl (C=O) groups excluding carboxylic acids is 1. The average molecular weight is 462 g/mol. The summed E-state index contributed by atoms with van der Waals surface area (Å²) in [5, 5.41) is 4.34. The quantitative estimate of drug-likeness (QED) is 0.600. The van der Waals surface area contributed by atoms with Crippen LogP contribution < -0.4 is 5.32 Å². The number of sulfonamides is 1. The zero-order valence-electron chi connectivity index (χ0n) is 17.0. The van der Waals surface area contributed by atoms with Gasteiger partial charge in [0.2, 0.25) is 15.9 Å². The molecule has 1 atom stereocenters. The van der Waals surface area contributed by atoms with Crippen molar-refractivity contribution in [1.29, 1.82) is 0 Å². The van der Waals surface area contributed by atoms with Crippen LogP contribution in [0, 0.1) is 5.92 Å². The molecule has 1 aliphatic rings. The minimum atomic E-state index is -4.45. The van der Waals surface area contributed by atoms with E-state index in [0.717, 1.165) is 22.9 Å². The van der Waals surface area contributed by atoms with Gasteiger partial charge in [-0.3, -0.25) is 4.79 Å². The first-order valence-electron chi connectivity index (χ1n) is 10.1. The van der Waals surface area contributed by atoms with Crippen LogP contribution in [0.4, 0.5) is 18.9 Å². The molecule has 0 aliphatic carbocycles. The first-order valence-corrected chi connectivity index (χ1v) is 11.6. The Balaban J connectivity index is 1.47. The zero-order valence-corrected chi connectivity index (χ0v) is 17.8. The molecule has 1 N–H and O–H groups in total. The fraction of sp³-hybridized carbons (Fsp3) is 0.261. The second-order valence-electron chi connectivity index (χ2n) is 7.78. The van der Waals surface area contributed by atoms with Crippen LogP contribution in [0.2, 0.25) is 0 Å². The standard InChI is InChI=1S/C23H21F3N2O3S/c24-23(25,26)19-8-10-20(11-9-19)27-22(29)18-6-3-13-28(15-18)32(30,31)21-12-7-16-4-1-2-5-17(16)14-21/h1-2,4-5,7-12,14,18H,3,6,13,15H2,(H,27,29)/t18-/m0/s1. The third-order valence-electron chi connectivity index (χ3n) is 5.59. The molecular weight excluding hydrogens is 441 g/mol. The number of hydrogen-bond donors (Lipinski definition) is 1. The number of alkyl halides is 3. The van der Waals surface area contributed by atoms with Crippen molar-refractivity contribution in [2.75, 3.05) is 18.4 Å². The van der Waals surface area contributed by atoms with Gasteiger partial charge >= 0.3 is 6.18 Å². The van der Waals surface area contributed by atoms with E-state index >= 15 is 0 Å². The van der Waals surface area contributed by atoms with E-state index in [1.54, 1.807) is 18.2 Å². The van der Waals surface area contributed by atoms with Crippen molar-refractivity contribution in [3.8, 4) is 0 Å². The van der Waals surface area contributed by atoms with Crippen LogP contribution >= 0.6 is 0 Å². The Morgan fingerprint density at radius 3 is 2.34 bits per heavy atom. The van der Waals surface area contributed by atoms with Crippen LogP contribution in [0.5, 0.6) is 0 Å². The Kier molecular flexibility index (Phi) is 5.96. The molecule has 0 spiro atoms. The van der Waals surface area contributed by atoms with Gasteiger partial charge in [-0.05, 0) is 60.0 Å². The molecular formula is C23H21F3N2O3S. The zero-order chi connectivity index (χ0) is 22.9. The lowest BCUT2D eigenvalue weighted by atomic mass is 9.98.